The first-order valence-corrected chi connectivity index (χ1v) is 10.9. The minimum atomic E-state index is -1.04. The van der Waals surface area contributed by atoms with Crippen LogP contribution in [0, 0.1) is 5.82 Å². The summed E-state index contributed by atoms with van der Waals surface area (Å²) in [5, 5.41) is 5.36. The molecule has 1 aliphatic heterocycles. The summed E-state index contributed by atoms with van der Waals surface area (Å²) in [6.07, 6.45) is -1.59. The van der Waals surface area contributed by atoms with Crippen LogP contribution in [0.2, 0.25) is 0 Å². The van der Waals surface area contributed by atoms with Crippen molar-refractivity contribution in [3.05, 3.63) is 89.7 Å². The number of anilines is 2. The molecule has 2 unspecified atom stereocenters. The predicted molar refractivity (Wildman–Crippen MR) is 127 cm³/mol. The third kappa shape index (κ3) is 5.57. The third-order valence-electron chi connectivity index (χ3n) is 5.49. The minimum absolute atomic E-state index is 0.0950. The minimum Gasteiger partial charge on any atom is -0.497 e. The Hall–Kier alpha value is -4.40. The average molecular weight is 477 g/mol. The van der Waals surface area contributed by atoms with Crippen LogP contribution in [0.5, 0.6) is 5.75 Å². The van der Waals surface area contributed by atoms with E-state index in [1.165, 1.54) is 30.0 Å². The van der Waals surface area contributed by atoms with Crippen molar-refractivity contribution in [2.24, 2.45) is 0 Å². The summed E-state index contributed by atoms with van der Waals surface area (Å²) in [7, 11) is 1.54. The molecule has 3 aromatic rings. The van der Waals surface area contributed by atoms with Gasteiger partial charge in [0.2, 0.25) is 5.91 Å². The first kappa shape index (κ1) is 23.7. The lowest BCUT2D eigenvalue weighted by Crippen LogP contribution is -2.43. The topological polar surface area (TPSA) is 97.0 Å². The molecule has 0 radical (unpaired) electrons. The smallest absolute Gasteiger partial charge is 0.411 e. The van der Waals surface area contributed by atoms with Gasteiger partial charge in [0, 0.05) is 18.3 Å². The number of methoxy groups -OCH3 is 1. The Balaban J connectivity index is 1.65. The lowest BCUT2D eigenvalue weighted by atomic mass is 10.00. The maximum Gasteiger partial charge on any atom is 0.411 e. The Kier molecular flexibility index (Phi) is 6.96. The molecule has 2 atom stereocenters. The highest BCUT2D eigenvalue weighted by Crippen LogP contribution is 2.35. The lowest BCUT2D eigenvalue weighted by Gasteiger charge is -2.24. The molecule has 180 valence electrons. The number of ether oxygens (including phenoxy) is 2. The molecule has 0 aliphatic carbocycles. The van der Waals surface area contributed by atoms with E-state index < -0.39 is 30.0 Å². The molecular formula is C26H24FN3O5. The van der Waals surface area contributed by atoms with Crippen LogP contribution >= 0.6 is 0 Å². The molecule has 9 heteroatoms. The van der Waals surface area contributed by atoms with Crippen molar-refractivity contribution in [1.29, 1.82) is 0 Å². The van der Waals surface area contributed by atoms with E-state index in [-0.39, 0.29) is 18.1 Å². The largest absolute Gasteiger partial charge is 0.497 e. The van der Waals surface area contributed by atoms with Crippen LogP contribution in [-0.2, 0) is 20.9 Å². The molecule has 0 saturated carbocycles. The van der Waals surface area contributed by atoms with Crippen LogP contribution in [0.15, 0.2) is 72.8 Å². The second-order valence-corrected chi connectivity index (χ2v) is 8.03. The van der Waals surface area contributed by atoms with Crippen LogP contribution in [-0.4, -0.2) is 36.0 Å². The molecule has 1 saturated heterocycles. The molecular weight excluding hydrogens is 453 g/mol. The molecule has 8 nitrogen and oxygen atoms in total. The van der Waals surface area contributed by atoms with Crippen LogP contribution in [0.25, 0.3) is 0 Å². The van der Waals surface area contributed by atoms with E-state index in [1.54, 1.807) is 55.6 Å². The van der Waals surface area contributed by atoms with Gasteiger partial charge in [-0.15, -0.1) is 0 Å². The third-order valence-corrected chi connectivity index (χ3v) is 5.49. The predicted octanol–water partition coefficient (Wildman–Crippen LogP) is 4.49. The van der Waals surface area contributed by atoms with Crippen molar-refractivity contribution < 1.29 is 28.2 Å². The summed E-state index contributed by atoms with van der Waals surface area (Å²) in [6, 6.07) is 18.3. The zero-order chi connectivity index (χ0) is 24.9. The number of benzene rings is 3. The summed E-state index contributed by atoms with van der Waals surface area (Å²) in [5.41, 5.74) is 2.14. The van der Waals surface area contributed by atoms with Gasteiger partial charge < -0.3 is 20.1 Å². The van der Waals surface area contributed by atoms with E-state index in [9.17, 15) is 18.8 Å². The molecule has 1 aliphatic rings. The Morgan fingerprint density at radius 1 is 1.00 bits per heavy atom. The number of nitrogens with one attached hydrogen (secondary N) is 2. The monoisotopic (exact) mass is 477 g/mol. The fourth-order valence-corrected chi connectivity index (χ4v) is 3.92. The lowest BCUT2D eigenvalue weighted by molar-refractivity contribution is -0.121. The zero-order valence-corrected chi connectivity index (χ0v) is 19.2. The van der Waals surface area contributed by atoms with E-state index in [2.05, 4.69) is 10.6 Å². The second kappa shape index (κ2) is 10.3. The van der Waals surface area contributed by atoms with Gasteiger partial charge >= 0.3 is 6.09 Å². The number of halogens is 1. The van der Waals surface area contributed by atoms with Crippen LogP contribution in [0.1, 0.15) is 24.2 Å². The Bertz CT molecular complexity index is 1250. The number of hydrogen-bond acceptors (Lipinski definition) is 5. The molecule has 3 amide bonds. The van der Waals surface area contributed by atoms with Crippen molar-refractivity contribution in [3.8, 4) is 5.75 Å². The first-order valence-electron chi connectivity index (χ1n) is 10.9. The maximum atomic E-state index is 13.7. The molecule has 3 aromatic carbocycles. The van der Waals surface area contributed by atoms with Gasteiger partial charge in [-0.3, -0.25) is 14.5 Å². The van der Waals surface area contributed by atoms with Crippen molar-refractivity contribution >= 4 is 29.3 Å². The van der Waals surface area contributed by atoms with Crippen molar-refractivity contribution in [2.75, 3.05) is 17.7 Å². The fourth-order valence-electron chi connectivity index (χ4n) is 3.92. The molecule has 0 bridgehead atoms. The number of hydrogen-bond donors (Lipinski definition) is 2. The highest BCUT2D eigenvalue weighted by molar-refractivity contribution is 5.98. The van der Waals surface area contributed by atoms with Gasteiger partial charge in [0.05, 0.1) is 13.7 Å². The number of nitrogens with zero attached hydrogens (tertiary/aromatic N) is 1. The Labute approximate surface area is 201 Å². The van der Waals surface area contributed by atoms with Gasteiger partial charge in [0.1, 0.15) is 11.6 Å². The summed E-state index contributed by atoms with van der Waals surface area (Å²) >= 11 is 0. The molecule has 2 N–H and O–H groups in total. The highest BCUT2D eigenvalue weighted by atomic mass is 19.1. The zero-order valence-electron chi connectivity index (χ0n) is 19.2. The average Bonchev–Trinajstić information content (AvgIpc) is 3.15. The standard InChI is InChI=1S/C26H24FN3O5/c1-16(31)28-20-11-9-18(10-12-20)24-23(25(32)29-21-7-4-6-19(27)14-21)30(26(33)35-24)15-17-5-3-8-22(13-17)34-2/h3-14,23-24H,15H2,1-2H3,(H,28,31)(H,29,32). The van der Waals surface area contributed by atoms with E-state index in [1.807, 2.05) is 6.07 Å². The molecule has 35 heavy (non-hydrogen) atoms. The number of cyclic esters (lactones) is 1. The van der Waals surface area contributed by atoms with E-state index in [0.717, 1.165) is 5.56 Å². The number of amides is 3. The van der Waals surface area contributed by atoms with E-state index in [4.69, 9.17) is 9.47 Å². The summed E-state index contributed by atoms with van der Waals surface area (Å²) in [5.74, 6) is -0.636. The molecule has 4 rings (SSSR count). The van der Waals surface area contributed by atoms with Gasteiger partial charge in [-0.1, -0.05) is 30.3 Å². The first-order chi connectivity index (χ1) is 16.8. The highest BCUT2D eigenvalue weighted by Gasteiger charge is 2.47. The van der Waals surface area contributed by atoms with Gasteiger partial charge in [0.25, 0.3) is 5.91 Å². The van der Waals surface area contributed by atoms with Crippen LogP contribution < -0.4 is 15.4 Å². The Morgan fingerprint density at radius 3 is 2.43 bits per heavy atom. The fraction of sp³-hybridized carbons (Fsp3) is 0.192. The molecule has 0 aromatic heterocycles. The SMILES string of the molecule is COc1cccc(CN2C(=O)OC(c3ccc(NC(C)=O)cc3)C2C(=O)Nc2cccc(F)c2)c1. The van der Waals surface area contributed by atoms with Crippen molar-refractivity contribution in [2.45, 2.75) is 25.6 Å². The van der Waals surface area contributed by atoms with Gasteiger partial charge in [-0.2, -0.15) is 0 Å². The van der Waals surface area contributed by atoms with Crippen LogP contribution in [0.4, 0.5) is 20.6 Å². The summed E-state index contributed by atoms with van der Waals surface area (Å²) in [4.78, 5) is 39.0. The van der Waals surface area contributed by atoms with Gasteiger partial charge in [-0.05, 0) is 53.6 Å². The molecule has 1 heterocycles. The quantitative estimate of drug-likeness (QED) is 0.523. The van der Waals surface area contributed by atoms with Crippen LogP contribution in [0.3, 0.4) is 0 Å². The Morgan fingerprint density at radius 2 is 1.74 bits per heavy atom. The second-order valence-electron chi connectivity index (χ2n) is 8.03. The van der Waals surface area contributed by atoms with Gasteiger partial charge in [-0.25, -0.2) is 9.18 Å². The summed E-state index contributed by atoms with van der Waals surface area (Å²) < 4.78 is 24.6. The molecule has 0 spiro atoms. The molecule has 1 fully saturated rings. The van der Waals surface area contributed by atoms with Gasteiger partial charge in [0.15, 0.2) is 12.1 Å². The number of carbonyl (C=O) groups excluding carboxylic acids is 3. The maximum absolute atomic E-state index is 13.7. The number of carbonyl (C=O) groups is 3. The van der Waals surface area contributed by atoms with E-state index in [0.29, 0.717) is 17.0 Å². The van der Waals surface area contributed by atoms with E-state index >= 15 is 0 Å². The number of rotatable bonds is 7. The summed E-state index contributed by atoms with van der Waals surface area (Å²) in [6.45, 7) is 1.49. The van der Waals surface area contributed by atoms with Crippen molar-refractivity contribution in [1.82, 2.24) is 4.90 Å². The normalized spacial score (nSPS) is 17.0. The van der Waals surface area contributed by atoms with Crippen molar-refractivity contribution in [3.63, 3.8) is 0 Å².